The molecule has 0 radical (unpaired) electrons. The molecule has 0 saturated carbocycles. The third-order valence-electron chi connectivity index (χ3n) is 1.91. The minimum absolute atomic E-state index is 0.00231. The number of aromatic nitrogens is 2. The fourth-order valence-electron chi connectivity index (χ4n) is 0.994. The molecule has 1 rings (SSSR count). The Hall–Kier alpha value is -0.920. The van der Waals surface area contributed by atoms with Gasteiger partial charge < -0.3 is 4.55 Å². The van der Waals surface area contributed by atoms with Crippen molar-refractivity contribution in [1.82, 2.24) is 4.57 Å². The summed E-state index contributed by atoms with van der Waals surface area (Å²) in [7, 11) is -2.43. The predicted molar refractivity (Wildman–Crippen MR) is 61.8 cm³/mol. The van der Waals surface area contributed by atoms with Crippen LogP contribution in [0.4, 0.5) is 0 Å². The van der Waals surface area contributed by atoms with Crippen molar-refractivity contribution >= 4 is 10.4 Å². The molecule has 1 heterocycles. The summed E-state index contributed by atoms with van der Waals surface area (Å²) in [6, 6.07) is 0. The van der Waals surface area contributed by atoms with Gasteiger partial charge in [-0.1, -0.05) is 13.3 Å². The van der Waals surface area contributed by atoms with Gasteiger partial charge in [0.05, 0.1) is 20.2 Å². The van der Waals surface area contributed by atoms with Crippen LogP contribution in [0.15, 0.2) is 18.7 Å². The third kappa shape index (κ3) is 9.98. The summed E-state index contributed by atoms with van der Waals surface area (Å²) in [5.41, 5.74) is 0. The molecule has 1 aromatic heterocycles. The smallest absolute Gasteiger partial charge is 0.243 e. The van der Waals surface area contributed by atoms with E-state index in [1.807, 2.05) is 24.7 Å². The normalized spacial score (nSPS) is 10.8. The molecule has 0 N–H and O–H groups in total. The Balaban J connectivity index is 0.000000302. The Bertz CT molecular complexity index is 400. The maximum atomic E-state index is 9.73. The zero-order valence-electron chi connectivity index (χ0n) is 10.5. The number of hydrogen-bond acceptors (Lipinski definition) is 4. The van der Waals surface area contributed by atoms with Gasteiger partial charge in [0.15, 0.2) is 0 Å². The van der Waals surface area contributed by atoms with Crippen molar-refractivity contribution in [1.29, 1.82) is 0 Å². The minimum atomic E-state index is -4.45. The fraction of sp³-hybridized carbons (Fsp3) is 0.700. The van der Waals surface area contributed by atoms with Crippen LogP contribution in [0.3, 0.4) is 0 Å². The molecule has 0 saturated heterocycles. The molecular formula is C10H20N2O4S. The lowest BCUT2D eigenvalue weighted by molar-refractivity contribution is -0.671. The van der Waals surface area contributed by atoms with Crippen molar-refractivity contribution in [2.24, 2.45) is 7.05 Å². The second kappa shape index (κ2) is 8.21. The SMILES string of the molecule is CCCCOS(=O)(=O)[O-].CCn1cc[n+](C)c1. The van der Waals surface area contributed by atoms with E-state index in [0.717, 1.165) is 13.0 Å². The average Bonchev–Trinajstić information content (AvgIpc) is 2.64. The van der Waals surface area contributed by atoms with Gasteiger partial charge in [-0.2, -0.15) is 0 Å². The summed E-state index contributed by atoms with van der Waals surface area (Å²) in [6.07, 6.45) is 7.56. The highest BCUT2D eigenvalue weighted by Gasteiger charge is 1.92. The van der Waals surface area contributed by atoms with Crippen molar-refractivity contribution < 1.29 is 21.7 Å². The topological polar surface area (TPSA) is 75.2 Å². The van der Waals surface area contributed by atoms with Crippen LogP contribution in [0.5, 0.6) is 0 Å². The first-order valence-corrected chi connectivity index (χ1v) is 6.83. The Labute approximate surface area is 103 Å². The van der Waals surface area contributed by atoms with Gasteiger partial charge in [-0.25, -0.2) is 17.6 Å². The standard InChI is InChI=1S/C6H11N2.C4H10O4S/c1-3-8-5-4-7(2)6-8;1-2-3-4-8-9(5,6)7/h4-6H,3H2,1-2H3;2-4H2,1H3,(H,5,6,7)/q+1;/p-1. The van der Waals surface area contributed by atoms with Gasteiger partial charge in [-0.05, 0) is 13.3 Å². The van der Waals surface area contributed by atoms with E-state index in [9.17, 15) is 13.0 Å². The van der Waals surface area contributed by atoms with Crippen LogP contribution in [0.1, 0.15) is 26.7 Å². The molecule has 0 aliphatic heterocycles. The zero-order valence-corrected chi connectivity index (χ0v) is 11.3. The van der Waals surface area contributed by atoms with Gasteiger partial charge in [-0.3, -0.25) is 4.18 Å². The van der Waals surface area contributed by atoms with Crippen LogP contribution in [-0.2, 0) is 28.2 Å². The molecule has 6 nitrogen and oxygen atoms in total. The Morgan fingerprint density at radius 2 is 2.06 bits per heavy atom. The molecule has 17 heavy (non-hydrogen) atoms. The quantitative estimate of drug-likeness (QED) is 0.338. The zero-order chi connectivity index (χ0) is 13.3. The molecule has 0 unspecified atom stereocenters. The van der Waals surface area contributed by atoms with E-state index < -0.39 is 10.4 Å². The summed E-state index contributed by atoms with van der Waals surface area (Å²) in [5, 5.41) is 0. The molecule has 0 bridgehead atoms. The number of nitrogens with zero attached hydrogens (tertiary/aromatic N) is 2. The molecule has 0 spiro atoms. The van der Waals surface area contributed by atoms with Crippen LogP contribution in [-0.4, -0.2) is 24.1 Å². The number of aryl methyl sites for hydroxylation is 2. The first-order chi connectivity index (χ1) is 7.89. The molecule has 100 valence electrons. The number of hydrogen-bond donors (Lipinski definition) is 0. The molecule has 0 aliphatic carbocycles. The fourth-order valence-corrected chi connectivity index (χ4v) is 1.32. The average molecular weight is 264 g/mol. The van der Waals surface area contributed by atoms with Crippen LogP contribution in [0.2, 0.25) is 0 Å². The van der Waals surface area contributed by atoms with Gasteiger partial charge >= 0.3 is 0 Å². The second-order valence-electron chi connectivity index (χ2n) is 3.49. The van der Waals surface area contributed by atoms with E-state index in [0.29, 0.717) is 6.42 Å². The van der Waals surface area contributed by atoms with Gasteiger partial charge in [0.2, 0.25) is 16.7 Å². The second-order valence-corrected chi connectivity index (χ2v) is 4.55. The lowest BCUT2D eigenvalue weighted by Gasteiger charge is -2.05. The molecule has 0 aliphatic rings. The van der Waals surface area contributed by atoms with Crippen LogP contribution < -0.4 is 4.57 Å². The lowest BCUT2D eigenvalue weighted by Crippen LogP contribution is -2.23. The van der Waals surface area contributed by atoms with Crippen LogP contribution >= 0.6 is 0 Å². The van der Waals surface area contributed by atoms with Gasteiger partial charge in [0.1, 0.15) is 12.4 Å². The highest BCUT2D eigenvalue weighted by Crippen LogP contribution is 1.91. The van der Waals surface area contributed by atoms with Crippen LogP contribution in [0.25, 0.3) is 0 Å². The Morgan fingerprint density at radius 3 is 2.35 bits per heavy atom. The summed E-state index contributed by atoms with van der Waals surface area (Å²) in [4.78, 5) is 0. The van der Waals surface area contributed by atoms with Crippen molar-refractivity contribution in [3.8, 4) is 0 Å². The highest BCUT2D eigenvalue weighted by molar-refractivity contribution is 7.80. The summed E-state index contributed by atoms with van der Waals surface area (Å²) < 4.78 is 37.2. The largest absolute Gasteiger partial charge is 0.726 e. The van der Waals surface area contributed by atoms with Gasteiger partial charge in [0, 0.05) is 0 Å². The maximum Gasteiger partial charge on any atom is 0.243 e. The molecule has 0 aromatic carbocycles. The number of rotatable bonds is 5. The number of unbranched alkanes of at least 4 members (excludes halogenated alkanes) is 1. The highest BCUT2D eigenvalue weighted by atomic mass is 32.3. The predicted octanol–water partition coefficient (Wildman–Crippen LogP) is 0.596. The molecule has 7 heteroatoms. The number of imidazole rings is 1. The minimum Gasteiger partial charge on any atom is -0.726 e. The van der Waals surface area contributed by atoms with Gasteiger partial charge in [0.25, 0.3) is 0 Å². The molecule has 1 aromatic rings. The summed E-state index contributed by atoms with van der Waals surface area (Å²) in [5.74, 6) is 0. The molecule has 0 atom stereocenters. The first-order valence-electron chi connectivity index (χ1n) is 5.50. The molecular weight excluding hydrogens is 244 g/mol. The van der Waals surface area contributed by atoms with E-state index >= 15 is 0 Å². The summed E-state index contributed by atoms with van der Waals surface area (Å²) in [6.45, 7) is 5.06. The van der Waals surface area contributed by atoms with Crippen molar-refractivity contribution in [2.75, 3.05) is 6.61 Å². The maximum absolute atomic E-state index is 9.73. The Kier molecular flexibility index (Phi) is 7.77. The summed E-state index contributed by atoms with van der Waals surface area (Å²) >= 11 is 0. The van der Waals surface area contributed by atoms with E-state index in [1.54, 1.807) is 0 Å². The van der Waals surface area contributed by atoms with Crippen molar-refractivity contribution in [3.63, 3.8) is 0 Å². The molecule has 0 amide bonds. The first kappa shape index (κ1) is 16.1. The monoisotopic (exact) mass is 264 g/mol. The Morgan fingerprint density at radius 1 is 1.41 bits per heavy atom. The van der Waals surface area contributed by atoms with Crippen molar-refractivity contribution in [2.45, 2.75) is 33.2 Å². The van der Waals surface area contributed by atoms with E-state index in [1.165, 1.54) is 0 Å². The van der Waals surface area contributed by atoms with E-state index in [4.69, 9.17) is 0 Å². The molecule has 0 fully saturated rings. The third-order valence-corrected chi connectivity index (χ3v) is 2.37. The lowest BCUT2D eigenvalue weighted by atomic mass is 10.4. The van der Waals surface area contributed by atoms with E-state index in [-0.39, 0.29) is 6.61 Å². The van der Waals surface area contributed by atoms with E-state index in [2.05, 4.69) is 28.2 Å². The van der Waals surface area contributed by atoms with Crippen LogP contribution in [0, 0.1) is 0 Å². The van der Waals surface area contributed by atoms with Gasteiger partial charge in [-0.15, -0.1) is 0 Å². The van der Waals surface area contributed by atoms with Crippen molar-refractivity contribution in [3.05, 3.63) is 18.7 Å².